The number of benzene rings is 1. The maximum absolute atomic E-state index is 12.1. The lowest BCUT2D eigenvalue weighted by Crippen LogP contribution is -2.32. The van der Waals surface area contributed by atoms with Crippen molar-refractivity contribution in [3.05, 3.63) is 39.9 Å². The van der Waals surface area contributed by atoms with Gasteiger partial charge in [0.05, 0.1) is 11.5 Å². The van der Waals surface area contributed by atoms with Crippen LogP contribution in [0.15, 0.2) is 24.3 Å². The molecule has 0 spiro atoms. The molecule has 1 atom stereocenters. The van der Waals surface area contributed by atoms with Gasteiger partial charge in [-0.15, -0.1) is 0 Å². The number of nitro benzene ring substituents is 1. The molecule has 0 unspecified atom stereocenters. The minimum absolute atomic E-state index is 0.00607. The lowest BCUT2D eigenvalue weighted by atomic mass is 10.2. The van der Waals surface area contributed by atoms with E-state index in [1.54, 1.807) is 17.0 Å². The molecule has 0 radical (unpaired) electrons. The Morgan fingerprint density at radius 3 is 2.55 bits per heavy atom. The fourth-order valence-corrected chi connectivity index (χ4v) is 2.73. The first-order chi connectivity index (χ1) is 9.58. The van der Waals surface area contributed by atoms with Gasteiger partial charge in [0, 0.05) is 18.7 Å². The molecule has 1 aromatic rings. The Balaban J connectivity index is 1.76. The first kappa shape index (κ1) is 12.6. The van der Waals surface area contributed by atoms with Gasteiger partial charge in [0.25, 0.3) is 11.6 Å². The van der Waals surface area contributed by atoms with E-state index in [0.29, 0.717) is 12.1 Å². The van der Waals surface area contributed by atoms with Crippen molar-refractivity contribution in [1.29, 1.82) is 0 Å². The minimum atomic E-state index is -0.480. The van der Waals surface area contributed by atoms with Crippen molar-refractivity contribution >= 4 is 17.6 Å². The molecule has 3 amide bonds. The van der Waals surface area contributed by atoms with E-state index >= 15 is 0 Å². The topological polar surface area (TPSA) is 83.8 Å². The SMILES string of the molecule is O=C1[C@@H]2CCCN2C(=O)N1Cc1ccc([N+](=O)[O-])cc1. The molecule has 20 heavy (non-hydrogen) atoms. The summed E-state index contributed by atoms with van der Waals surface area (Å²) in [7, 11) is 0. The number of nitrogens with zero attached hydrogens (tertiary/aromatic N) is 3. The van der Waals surface area contributed by atoms with Gasteiger partial charge in [0.2, 0.25) is 0 Å². The monoisotopic (exact) mass is 275 g/mol. The number of carbonyl (C=O) groups excluding carboxylic acids is 2. The van der Waals surface area contributed by atoms with Crippen LogP contribution in [-0.4, -0.2) is 39.2 Å². The van der Waals surface area contributed by atoms with Crippen LogP contribution in [0.4, 0.5) is 10.5 Å². The highest BCUT2D eigenvalue weighted by Gasteiger charge is 2.47. The summed E-state index contributed by atoms with van der Waals surface area (Å²) in [5.41, 5.74) is 0.701. The average Bonchev–Trinajstić information content (AvgIpc) is 2.99. The van der Waals surface area contributed by atoms with E-state index in [1.807, 2.05) is 0 Å². The Hall–Kier alpha value is -2.44. The van der Waals surface area contributed by atoms with E-state index in [0.717, 1.165) is 12.8 Å². The maximum Gasteiger partial charge on any atom is 0.327 e. The van der Waals surface area contributed by atoms with Crippen LogP contribution >= 0.6 is 0 Å². The number of rotatable bonds is 3. The highest BCUT2D eigenvalue weighted by molar-refractivity contribution is 6.04. The molecule has 2 saturated heterocycles. The van der Waals surface area contributed by atoms with Crippen molar-refractivity contribution in [2.75, 3.05) is 6.54 Å². The summed E-state index contributed by atoms with van der Waals surface area (Å²) >= 11 is 0. The average molecular weight is 275 g/mol. The van der Waals surface area contributed by atoms with Crippen molar-refractivity contribution in [2.24, 2.45) is 0 Å². The van der Waals surface area contributed by atoms with Crippen LogP contribution in [-0.2, 0) is 11.3 Å². The highest BCUT2D eigenvalue weighted by Crippen LogP contribution is 2.28. The van der Waals surface area contributed by atoms with Gasteiger partial charge in [0.1, 0.15) is 6.04 Å². The standard InChI is InChI=1S/C13H13N3O4/c17-12-11-2-1-7-14(11)13(18)15(12)8-9-3-5-10(6-4-9)16(19)20/h3-6,11H,1-2,7-8H2/t11-/m0/s1. The predicted octanol–water partition coefficient (Wildman–Crippen LogP) is 1.52. The number of amides is 3. The molecule has 0 N–H and O–H groups in total. The largest absolute Gasteiger partial charge is 0.327 e. The van der Waals surface area contributed by atoms with Crippen LogP contribution in [0.25, 0.3) is 0 Å². The van der Waals surface area contributed by atoms with Crippen LogP contribution < -0.4 is 0 Å². The van der Waals surface area contributed by atoms with Gasteiger partial charge in [-0.05, 0) is 18.4 Å². The molecule has 7 nitrogen and oxygen atoms in total. The fraction of sp³-hybridized carbons (Fsp3) is 0.385. The minimum Gasteiger partial charge on any atom is -0.312 e. The number of non-ortho nitro benzene ring substituents is 1. The molecule has 0 bridgehead atoms. The molecule has 1 aromatic carbocycles. The Labute approximate surface area is 114 Å². The fourth-order valence-electron chi connectivity index (χ4n) is 2.73. The zero-order valence-corrected chi connectivity index (χ0v) is 10.7. The summed E-state index contributed by atoms with van der Waals surface area (Å²) in [6, 6.07) is 5.34. The van der Waals surface area contributed by atoms with Crippen LogP contribution in [0.3, 0.4) is 0 Å². The predicted molar refractivity (Wildman–Crippen MR) is 68.8 cm³/mol. The molecule has 7 heteroatoms. The summed E-state index contributed by atoms with van der Waals surface area (Å²) in [5.74, 6) is -0.161. The molecular weight excluding hydrogens is 262 g/mol. The first-order valence-electron chi connectivity index (χ1n) is 6.43. The Morgan fingerprint density at radius 2 is 1.95 bits per heavy atom. The van der Waals surface area contributed by atoms with Crippen molar-refractivity contribution in [2.45, 2.75) is 25.4 Å². The van der Waals surface area contributed by atoms with Crippen molar-refractivity contribution < 1.29 is 14.5 Å². The summed E-state index contributed by atoms with van der Waals surface area (Å²) in [6.45, 7) is 0.800. The van der Waals surface area contributed by atoms with E-state index in [1.165, 1.54) is 17.0 Å². The second-order valence-corrected chi connectivity index (χ2v) is 4.98. The van der Waals surface area contributed by atoms with Gasteiger partial charge in [-0.2, -0.15) is 0 Å². The van der Waals surface area contributed by atoms with Crippen molar-refractivity contribution in [3.63, 3.8) is 0 Å². The number of nitro groups is 1. The van der Waals surface area contributed by atoms with Gasteiger partial charge in [-0.3, -0.25) is 19.8 Å². The quantitative estimate of drug-likeness (QED) is 0.475. The van der Waals surface area contributed by atoms with Gasteiger partial charge in [0.15, 0.2) is 0 Å². The number of urea groups is 1. The van der Waals surface area contributed by atoms with Gasteiger partial charge in [-0.1, -0.05) is 12.1 Å². The van der Waals surface area contributed by atoms with Gasteiger partial charge < -0.3 is 4.90 Å². The molecule has 2 heterocycles. The Bertz CT molecular complexity index is 562. The maximum atomic E-state index is 12.1. The van der Waals surface area contributed by atoms with Crippen LogP contribution in [0.2, 0.25) is 0 Å². The molecule has 3 rings (SSSR count). The molecule has 2 aliphatic heterocycles. The third-order valence-electron chi connectivity index (χ3n) is 3.77. The van der Waals surface area contributed by atoms with Crippen LogP contribution in [0.1, 0.15) is 18.4 Å². The summed E-state index contributed by atoms with van der Waals surface area (Å²) in [5, 5.41) is 10.6. The van der Waals surface area contributed by atoms with Crippen molar-refractivity contribution in [1.82, 2.24) is 9.80 Å². The molecule has 2 aliphatic rings. The number of hydrogen-bond acceptors (Lipinski definition) is 4. The normalized spacial score (nSPS) is 21.5. The number of hydrogen-bond donors (Lipinski definition) is 0. The number of fused-ring (bicyclic) bond motifs is 1. The lowest BCUT2D eigenvalue weighted by molar-refractivity contribution is -0.384. The Morgan fingerprint density at radius 1 is 1.25 bits per heavy atom. The summed E-state index contributed by atoms with van der Waals surface area (Å²) in [4.78, 5) is 37.2. The molecule has 0 aliphatic carbocycles. The summed E-state index contributed by atoms with van der Waals surface area (Å²) in [6.07, 6.45) is 1.59. The number of carbonyl (C=O) groups is 2. The molecule has 104 valence electrons. The third kappa shape index (κ3) is 1.91. The smallest absolute Gasteiger partial charge is 0.312 e. The zero-order valence-electron chi connectivity index (χ0n) is 10.7. The Kier molecular flexibility index (Phi) is 2.89. The van der Waals surface area contributed by atoms with E-state index in [-0.39, 0.29) is 30.2 Å². The zero-order chi connectivity index (χ0) is 14.3. The van der Waals surface area contributed by atoms with E-state index in [2.05, 4.69) is 0 Å². The van der Waals surface area contributed by atoms with E-state index in [9.17, 15) is 19.7 Å². The van der Waals surface area contributed by atoms with Crippen LogP contribution in [0, 0.1) is 10.1 Å². The van der Waals surface area contributed by atoms with Gasteiger partial charge in [-0.25, -0.2) is 4.79 Å². The highest BCUT2D eigenvalue weighted by atomic mass is 16.6. The first-order valence-corrected chi connectivity index (χ1v) is 6.43. The molecule has 2 fully saturated rings. The second-order valence-electron chi connectivity index (χ2n) is 4.98. The van der Waals surface area contributed by atoms with Crippen LogP contribution in [0.5, 0.6) is 0 Å². The molecule has 0 saturated carbocycles. The lowest BCUT2D eigenvalue weighted by Gasteiger charge is -2.15. The second kappa shape index (κ2) is 4.59. The molecule has 0 aromatic heterocycles. The van der Waals surface area contributed by atoms with E-state index in [4.69, 9.17) is 0 Å². The summed E-state index contributed by atoms with van der Waals surface area (Å²) < 4.78 is 0. The van der Waals surface area contributed by atoms with E-state index < -0.39 is 4.92 Å². The number of imide groups is 1. The van der Waals surface area contributed by atoms with Gasteiger partial charge >= 0.3 is 6.03 Å². The van der Waals surface area contributed by atoms with Crippen molar-refractivity contribution in [3.8, 4) is 0 Å². The third-order valence-corrected chi connectivity index (χ3v) is 3.77. The molecular formula is C13H13N3O4.